The maximum atomic E-state index is 13.1. The van der Waals surface area contributed by atoms with Gasteiger partial charge >= 0.3 is 0 Å². The van der Waals surface area contributed by atoms with Crippen LogP contribution >= 0.6 is 15.9 Å². The van der Waals surface area contributed by atoms with Crippen molar-refractivity contribution in [3.8, 4) is 5.75 Å². The third-order valence-corrected chi connectivity index (χ3v) is 3.07. The summed E-state index contributed by atoms with van der Waals surface area (Å²) < 4.78 is 29.6. The summed E-state index contributed by atoms with van der Waals surface area (Å²) in [5, 5.41) is 0. The maximum Gasteiger partial charge on any atom is 0.140 e. The Kier molecular flexibility index (Phi) is 3.44. The number of rotatable bonds is 2. The van der Waals surface area contributed by atoms with E-state index in [-0.39, 0.29) is 4.90 Å². The topological polar surface area (TPSA) is 26.3 Å². The standard InChI is InChI=1S/C8H8BrFO2S/c1-12-7-4-8(13(2)11)6(10)3-5(7)9/h3-4H,1-2H3. The summed E-state index contributed by atoms with van der Waals surface area (Å²) in [4.78, 5) is 0.153. The van der Waals surface area contributed by atoms with Gasteiger partial charge in [-0.1, -0.05) is 0 Å². The molecule has 0 aromatic heterocycles. The average molecular weight is 267 g/mol. The van der Waals surface area contributed by atoms with Crippen LogP contribution in [0.15, 0.2) is 21.5 Å². The number of methoxy groups -OCH3 is 1. The van der Waals surface area contributed by atoms with Crippen molar-refractivity contribution in [2.45, 2.75) is 4.90 Å². The summed E-state index contributed by atoms with van der Waals surface area (Å²) in [7, 11) is 0.136. The zero-order valence-corrected chi connectivity index (χ0v) is 9.54. The summed E-state index contributed by atoms with van der Waals surface area (Å²) in [6.45, 7) is 0. The molecule has 0 amide bonds. The SMILES string of the molecule is COc1cc(S(C)=O)c(F)cc1Br. The minimum Gasteiger partial charge on any atom is -0.496 e. The molecule has 0 aliphatic rings. The minimum atomic E-state index is -1.34. The molecule has 1 aromatic carbocycles. The van der Waals surface area contributed by atoms with Gasteiger partial charge in [0.15, 0.2) is 0 Å². The fraction of sp³-hybridized carbons (Fsp3) is 0.250. The van der Waals surface area contributed by atoms with E-state index in [1.165, 1.54) is 25.5 Å². The maximum absolute atomic E-state index is 13.1. The lowest BCUT2D eigenvalue weighted by Crippen LogP contribution is -1.95. The third kappa shape index (κ3) is 2.28. The van der Waals surface area contributed by atoms with Crippen molar-refractivity contribution >= 4 is 26.7 Å². The van der Waals surface area contributed by atoms with Gasteiger partial charge in [0.05, 0.1) is 27.3 Å². The number of benzene rings is 1. The van der Waals surface area contributed by atoms with Crippen LogP contribution in [-0.2, 0) is 10.8 Å². The van der Waals surface area contributed by atoms with E-state index in [0.717, 1.165) is 0 Å². The van der Waals surface area contributed by atoms with Crippen LogP contribution < -0.4 is 4.74 Å². The fourth-order valence-corrected chi connectivity index (χ4v) is 1.97. The molecule has 0 aliphatic carbocycles. The highest BCUT2D eigenvalue weighted by molar-refractivity contribution is 9.10. The molecule has 0 bridgehead atoms. The van der Waals surface area contributed by atoms with Crippen molar-refractivity contribution in [3.05, 3.63) is 22.4 Å². The van der Waals surface area contributed by atoms with Crippen molar-refractivity contribution in [1.82, 2.24) is 0 Å². The van der Waals surface area contributed by atoms with Crippen molar-refractivity contribution < 1.29 is 13.3 Å². The zero-order chi connectivity index (χ0) is 10.0. The highest BCUT2D eigenvalue weighted by Gasteiger charge is 2.10. The highest BCUT2D eigenvalue weighted by atomic mass is 79.9. The van der Waals surface area contributed by atoms with E-state index in [0.29, 0.717) is 10.2 Å². The molecule has 0 radical (unpaired) electrons. The summed E-state index contributed by atoms with van der Waals surface area (Å²) in [6, 6.07) is 2.67. The molecule has 1 atom stereocenters. The Hall–Kier alpha value is -0.420. The smallest absolute Gasteiger partial charge is 0.140 e. The Morgan fingerprint density at radius 2 is 2.15 bits per heavy atom. The van der Waals surface area contributed by atoms with Gasteiger partial charge in [-0.25, -0.2) is 4.39 Å². The molecule has 0 aliphatic heterocycles. The lowest BCUT2D eigenvalue weighted by Gasteiger charge is -2.05. The van der Waals surface area contributed by atoms with E-state index in [9.17, 15) is 8.60 Å². The van der Waals surface area contributed by atoms with Crippen LogP contribution in [-0.4, -0.2) is 17.6 Å². The summed E-state index contributed by atoms with van der Waals surface area (Å²) >= 11 is 3.13. The molecule has 0 saturated carbocycles. The normalized spacial score (nSPS) is 12.6. The van der Waals surface area contributed by atoms with Crippen LogP contribution in [0.1, 0.15) is 0 Å². The van der Waals surface area contributed by atoms with Crippen LogP contribution in [0.4, 0.5) is 4.39 Å². The van der Waals surface area contributed by atoms with Gasteiger partial charge in [-0.05, 0) is 22.0 Å². The molecule has 13 heavy (non-hydrogen) atoms. The van der Waals surface area contributed by atoms with E-state index in [4.69, 9.17) is 4.74 Å². The molecular formula is C8H8BrFO2S. The fourth-order valence-electron chi connectivity index (χ4n) is 0.887. The first-order chi connectivity index (χ1) is 6.06. The third-order valence-electron chi connectivity index (χ3n) is 1.52. The first-order valence-corrected chi connectivity index (χ1v) is 5.78. The van der Waals surface area contributed by atoms with Gasteiger partial charge in [-0.2, -0.15) is 0 Å². The van der Waals surface area contributed by atoms with E-state index in [1.54, 1.807) is 0 Å². The van der Waals surface area contributed by atoms with E-state index in [2.05, 4.69) is 15.9 Å². The first kappa shape index (κ1) is 10.7. The first-order valence-electron chi connectivity index (χ1n) is 3.42. The largest absolute Gasteiger partial charge is 0.496 e. The van der Waals surface area contributed by atoms with Crippen molar-refractivity contribution in [3.63, 3.8) is 0 Å². The highest BCUT2D eigenvalue weighted by Crippen LogP contribution is 2.28. The number of hydrogen-bond acceptors (Lipinski definition) is 2. The second-order valence-electron chi connectivity index (χ2n) is 2.37. The molecule has 0 heterocycles. The van der Waals surface area contributed by atoms with Gasteiger partial charge in [0.1, 0.15) is 11.6 Å². The van der Waals surface area contributed by atoms with Crippen LogP contribution in [0.5, 0.6) is 5.75 Å². The van der Waals surface area contributed by atoms with E-state index < -0.39 is 16.6 Å². The molecule has 1 rings (SSSR count). The van der Waals surface area contributed by atoms with Gasteiger partial charge in [-0.3, -0.25) is 4.21 Å². The van der Waals surface area contributed by atoms with Gasteiger partial charge in [-0.15, -0.1) is 0 Å². The molecule has 0 N–H and O–H groups in total. The lowest BCUT2D eigenvalue weighted by molar-refractivity contribution is 0.408. The Morgan fingerprint density at radius 3 is 2.62 bits per heavy atom. The summed E-state index contributed by atoms with van der Waals surface area (Å²) in [5.41, 5.74) is 0. The Morgan fingerprint density at radius 1 is 1.54 bits per heavy atom. The molecule has 1 aromatic rings. The Bertz CT molecular complexity index is 354. The lowest BCUT2D eigenvalue weighted by atomic mass is 10.3. The minimum absolute atomic E-state index is 0.153. The van der Waals surface area contributed by atoms with Crippen LogP contribution in [0.3, 0.4) is 0 Å². The number of ether oxygens (including phenoxy) is 1. The second-order valence-corrected chi connectivity index (χ2v) is 4.57. The van der Waals surface area contributed by atoms with E-state index >= 15 is 0 Å². The number of halogens is 2. The molecule has 72 valence electrons. The van der Waals surface area contributed by atoms with Crippen molar-refractivity contribution in [2.75, 3.05) is 13.4 Å². The molecule has 5 heteroatoms. The summed E-state index contributed by atoms with van der Waals surface area (Å²) in [5.74, 6) is -0.0138. The van der Waals surface area contributed by atoms with E-state index in [1.807, 2.05) is 0 Å². The second kappa shape index (κ2) is 4.19. The molecule has 0 saturated heterocycles. The predicted molar refractivity (Wildman–Crippen MR) is 53.0 cm³/mol. The van der Waals surface area contributed by atoms with Crippen molar-refractivity contribution in [1.29, 1.82) is 0 Å². The molecule has 0 spiro atoms. The molecule has 0 fully saturated rings. The number of hydrogen-bond donors (Lipinski definition) is 0. The Labute approximate surface area is 86.7 Å². The zero-order valence-electron chi connectivity index (χ0n) is 7.14. The van der Waals surface area contributed by atoms with Crippen LogP contribution in [0, 0.1) is 5.82 Å². The Balaban J connectivity index is 3.30. The van der Waals surface area contributed by atoms with Gasteiger partial charge < -0.3 is 4.74 Å². The predicted octanol–water partition coefficient (Wildman–Crippen LogP) is 2.33. The molecular weight excluding hydrogens is 259 g/mol. The molecule has 2 nitrogen and oxygen atoms in total. The van der Waals surface area contributed by atoms with Gasteiger partial charge in [0, 0.05) is 12.3 Å². The quantitative estimate of drug-likeness (QED) is 0.822. The van der Waals surface area contributed by atoms with Crippen LogP contribution in [0.25, 0.3) is 0 Å². The monoisotopic (exact) mass is 266 g/mol. The average Bonchev–Trinajstić information content (AvgIpc) is 2.03. The van der Waals surface area contributed by atoms with Crippen molar-refractivity contribution in [2.24, 2.45) is 0 Å². The summed E-state index contributed by atoms with van der Waals surface area (Å²) in [6.07, 6.45) is 1.42. The van der Waals surface area contributed by atoms with Crippen LogP contribution in [0.2, 0.25) is 0 Å². The van der Waals surface area contributed by atoms with Gasteiger partial charge in [0.25, 0.3) is 0 Å². The van der Waals surface area contributed by atoms with Gasteiger partial charge in [0.2, 0.25) is 0 Å². The molecule has 1 unspecified atom stereocenters.